The second-order valence-corrected chi connectivity index (χ2v) is 13.2. The van der Waals surface area contributed by atoms with Gasteiger partial charge in [-0.1, -0.05) is 6.42 Å². The van der Waals surface area contributed by atoms with E-state index in [9.17, 15) is 19.2 Å². The van der Waals surface area contributed by atoms with Crippen LogP contribution >= 0.6 is 0 Å². The van der Waals surface area contributed by atoms with Crippen LogP contribution in [0.15, 0.2) is 0 Å². The average Bonchev–Trinajstić information content (AvgIpc) is 2.79. The van der Waals surface area contributed by atoms with Crippen LogP contribution in [0.1, 0.15) is 74.7 Å². The smallest absolute Gasteiger partial charge is 0.320 e. The van der Waals surface area contributed by atoms with Gasteiger partial charge in [0.25, 0.3) is 0 Å². The molecule has 1 aliphatic rings. The average molecular weight is 584 g/mol. The minimum Gasteiger partial charge on any atom is -0.459 e. The van der Waals surface area contributed by atoms with Crippen molar-refractivity contribution in [2.45, 2.75) is 91.9 Å². The Kier molecular flexibility index (Phi) is 16.2. The molecule has 0 amide bonds. The van der Waals surface area contributed by atoms with Crippen molar-refractivity contribution >= 4 is 23.5 Å². The second-order valence-electron chi connectivity index (χ2n) is 13.2. The lowest BCUT2D eigenvalue weighted by molar-refractivity contribution is -0.158. The highest BCUT2D eigenvalue weighted by molar-refractivity contribution is 5.81. The fourth-order valence-electron chi connectivity index (χ4n) is 4.89. The number of Topliss-reactive ketones (excluding diaryl/α,β-unsaturated/α-hetero) is 2. The maximum absolute atomic E-state index is 12.8. The number of unbranched alkanes of at least 4 members (excludes halogenated alkanes) is 1. The van der Waals surface area contributed by atoms with Crippen molar-refractivity contribution in [3.63, 3.8) is 0 Å². The van der Waals surface area contributed by atoms with Gasteiger partial charge in [-0.25, -0.2) is 0 Å². The summed E-state index contributed by atoms with van der Waals surface area (Å²) >= 11 is 0. The van der Waals surface area contributed by atoms with E-state index in [1.807, 2.05) is 51.3 Å². The zero-order valence-corrected chi connectivity index (χ0v) is 27.0. The molecular formula is C30H57N5O6. The van der Waals surface area contributed by atoms with Crippen LogP contribution in [0.4, 0.5) is 0 Å². The Morgan fingerprint density at radius 2 is 1.05 bits per heavy atom. The highest BCUT2D eigenvalue weighted by atomic mass is 16.6. The van der Waals surface area contributed by atoms with Crippen LogP contribution in [0.5, 0.6) is 0 Å². The number of rotatable bonds is 12. The van der Waals surface area contributed by atoms with Crippen molar-refractivity contribution in [2.75, 3.05) is 78.5 Å². The van der Waals surface area contributed by atoms with E-state index < -0.39 is 11.2 Å². The first-order valence-corrected chi connectivity index (χ1v) is 15.0. The molecule has 0 radical (unpaired) electrons. The molecule has 1 unspecified atom stereocenters. The number of hydrogen-bond donors (Lipinski definition) is 1. The van der Waals surface area contributed by atoms with Crippen LogP contribution in [0, 0.1) is 0 Å². The van der Waals surface area contributed by atoms with Crippen LogP contribution in [0.3, 0.4) is 0 Å². The van der Waals surface area contributed by atoms with Gasteiger partial charge in [-0.05, 0) is 74.8 Å². The summed E-state index contributed by atoms with van der Waals surface area (Å²) in [5.74, 6) is -0.450. The van der Waals surface area contributed by atoms with E-state index in [1.54, 1.807) is 13.8 Å². The third-order valence-electron chi connectivity index (χ3n) is 6.71. The molecule has 0 bridgehead atoms. The SMILES string of the molecule is CC(=O)CN1CCN(CC(=O)OC(C)(C)C)CCN(CC(=O)OC(C)(C)C)CCN(C(CCCCN)C(C)=O)CC1. The summed E-state index contributed by atoms with van der Waals surface area (Å²) < 4.78 is 11.2. The molecule has 1 atom stereocenters. The Morgan fingerprint density at radius 1 is 0.659 bits per heavy atom. The lowest BCUT2D eigenvalue weighted by Crippen LogP contribution is -2.51. The Hall–Kier alpha value is -1.92. The number of nitrogens with zero attached hydrogens (tertiary/aromatic N) is 4. The van der Waals surface area contributed by atoms with Gasteiger partial charge in [-0.2, -0.15) is 0 Å². The quantitative estimate of drug-likeness (QED) is 0.266. The van der Waals surface area contributed by atoms with Gasteiger partial charge in [0.2, 0.25) is 0 Å². The number of carbonyl (C=O) groups excluding carboxylic acids is 4. The summed E-state index contributed by atoms with van der Waals surface area (Å²) in [6, 6.07) is -0.254. The standard InChI is InChI=1S/C30H57N5O6/c1-24(36)21-32-13-14-33(22-27(38)40-29(3,4)5)15-16-34(23-28(39)41-30(6,7)8)18-20-35(19-17-32)26(25(2)37)11-9-10-12-31/h26H,9-23,31H2,1-8H3. The molecule has 2 N–H and O–H groups in total. The van der Waals surface area contributed by atoms with E-state index in [-0.39, 0.29) is 42.6 Å². The van der Waals surface area contributed by atoms with Crippen molar-refractivity contribution in [1.29, 1.82) is 0 Å². The van der Waals surface area contributed by atoms with E-state index in [1.165, 1.54) is 0 Å². The summed E-state index contributed by atoms with van der Waals surface area (Å²) in [4.78, 5) is 58.7. The molecule has 1 rings (SSSR count). The summed E-state index contributed by atoms with van der Waals surface area (Å²) in [5.41, 5.74) is 4.52. The van der Waals surface area contributed by atoms with Crippen molar-refractivity contribution in [1.82, 2.24) is 19.6 Å². The van der Waals surface area contributed by atoms with Crippen molar-refractivity contribution in [2.24, 2.45) is 5.73 Å². The topological polar surface area (TPSA) is 126 Å². The predicted molar refractivity (Wildman–Crippen MR) is 161 cm³/mol. The zero-order chi connectivity index (χ0) is 31.2. The summed E-state index contributed by atoms with van der Waals surface area (Å²) in [6.07, 6.45) is 2.43. The van der Waals surface area contributed by atoms with E-state index in [0.717, 1.165) is 19.3 Å². The molecule has 1 heterocycles. The van der Waals surface area contributed by atoms with E-state index >= 15 is 0 Å². The highest BCUT2D eigenvalue weighted by Gasteiger charge is 2.27. The van der Waals surface area contributed by atoms with Gasteiger partial charge in [-0.15, -0.1) is 0 Å². The molecule has 0 aromatic heterocycles. The first-order valence-electron chi connectivity index (χ1n) is 15.0. The number of hydrogen-bond acceptors (Lipinski definition) is 11. The third kappa shape index (κ3) is 17.6. The maximum Gasteiger partial charge on any atom is 0.320 e. The molecule has 1 aliphatic heterocycles. The van der Waals surface area contributed by atoms with Gasteiger partial charge < -0.3 is 15.2 Å². The Balaban J connectivity index is 3.22. The molecule has 11 heteroatoms. The normalized spacial score (nSPS) is 18.7. The highest BCUT2D eigenvalue weighted by Crippen LogP contribution is 2.13. The first-order chi connectivity index (χ1) is 19.0. The van der Waals surface area contributed by atoms with Crippen molar-refractivity contribution < 1.29 is 28.7 Å². The molecule has 1 fully saturated rings. The summed E-state index contributed by atoms with van der Waals surface area (Å²) in [5, 5.41) is 0. The molecular weight excluding hydrogens is 526 g/mol. The Labute approximate surface area is 248 Å². The van der Waals surface area contributed by atoms with Gasteiger partial charge in [0.15, 0.2) is 0 Å². The van der Waals surface area contributed by atoms with Gasteiger partial charge in [0.05, 0.1) is 25.7 Å². The molecule has 0 aliphatic carbocycles. The number of nitrogens with two attached hydrogens (primary N) is 1. The molecule has 1 saturated heterocycles. The van der Waals surface area contributed by atoms with Crippen LogP contribution in [0.2, 0.25) is 0 Å². The molecule has 0 aromatic carbocycles. The van der Waals surface area contributed by atoms with Crippen molar-refractivity contribution in [3.8, 4) is 0 Å². The lowest BCUT2D eigenvalue weighted by atomic mass is 10.0. The molecule has 238 valence electrons. The van der Waals surface area contributed by atoms with E-state index in [4.69, 9.17) is 15.2 Å². The van der Waals surface area contributed by atoms with Gasteiger partial charge >= 0.3 is 11.9 Å². The monoisotopic (exact) mass is 583 g/mol. The summed E-state index contributed by atoms with van der Waals surface area (Å²) in [6.45, 7) is 19.9. The number of esters is 2. The van der Waals surface area contributed by atoms with Crippen LogP contribution in [-0.4, -0.2) is 139 Å². The number of carbonyl (C=O) groups is 4. The largest absolute Gasteiger partial charge is 0.459 e. The van der Waals surface area contributed by atoms with Crippen LogP contribution in [0.25, 0.3) is 0 Å². The first kappa shape index (κ1) is 37.1. The fraction of sp³-hybridized carbons (Fsp3) is 0.867. The zero-order valence-electron chi connectivity index (χ0n) is 27.0. The minimum atomic E-state index is -0.596. The van der Waals surface area contributed by atoms with Crippen LogP contribution in [-0.2, 0) is 28.7 Å². The van der Waals surface area contributed by atoms with Crippen molar-refractivity contribution in [3.05, 3.63) is 0 Å². The molecule has 11 nitrogen and oxygen atoms in total. The van der Waals surface area contributed by atoms with Gasteiger partial charge in [0.1, 0.15) is 22.8 Å². The van der Waals surface area contributed by atoms with Gasteiger partial charge in [-0.3, -0.25) is 38.8 Å². The molecule has 0 aromatic rings. The van der Waals surface area contributed by atoms with E-state index in [0.29, 0.717) is 65.4 Å². The predicted octanol–water partition coefficient (Wildman–Crippen LogP) is 1.57. The van der Waals surface area contributed by atoms with Gasteiger partial charge in [0, 0.05) is 52.4 Å². The third-order valence-corrected chi connectivity index (χ3v) is 6.71. The molecule has 0 spiro atoms. The number of ketones is 2. The van der Waals surface area contributed by atoms with E-state index in [2.05, 4.69) is 9.80 Å². The molecule has 0 saturated carbocycles. The minimum absolute atomic E-state index is 0.0666. The fourth-order valence-corrected chi connectivity index (χ4v) is 4.89. The Bertz CT molecular complexity index is 838. The molecule has 41 heavy (non-hydrogen) atoms. The maximum atomic E-state index is 12.8. The van der Waals surface area contributed by atoms with Crippen LogP contribution < -0.4 is 5.73 Å². The lowest BCUT2D eigenvalue weighted by Gasteiger charge is -2.36. The number of ether oxygens (including phenoxy) is 2. The second kappa shape index (κ2) is 17.9. The Morgan fingerprint density at radius 3 is 1.39 bits per heavy atom. The summed E-state index contributed by atoms with van der Waals surface area (Å²) in [7, 11) is 0.